The van der Waals surface area contributed by atoms with Crippen LogP contribution >= 0.6 is 31.9 Å². The number of phenolic OH excluding ortho intramolecular Hbond substituents is 1. The third-order valence-electron chi connectivity index (χ3n) is 9.36. The number of amides is 4. The summed E-state index contributed by atoms with van der Waals surface area (Å²) in [5.74, 6) is -0.148. The second-order valence-corrected chi connectivity index (χ2v) is 14.4. The number of nitrogens with two attached hydrogens (primary N) is 1. The monoisotopic (exact) mass is 797 g/mol. The van der Waals surface area contributed by atoms with E-state index in [4.69, 9.17) is 5.73 Å². The lowest BCUT2D eigenvalue weighted by molar-refractivity contribution is -0.137. The lowest BCUT2D eigenvalue weighted by Gasteiger charge is -2.38. The molecule has 0 saturated carbocycles. The molecule has 2 aromatic carbocycles. The summed E-state index contributed by atoms with van der Waals surface area (Å²) in [5.41, 5.74) is 8.82. The van der Waals surface area contributed by atoms with Crippen LogP contribution in [0.4, 0.5) is 10.5 Å². The number of carbonyl (C=O) groups excluding carboxylic acids is 3. The Morgan fingerprint density at radius 2 is 1.51 bits per heavy atom. The first kappa shape index (κ1) is 36.6. The van der Waals surface area contributed by atoms with Crippen LogP contribution in [0.5, 0.6) is 5.75 Å². The molecule has 0 radical (unpaired) electrons. The summed E-state index contributed by atoms with van der Waals surface area (Å²) in [6, 6.07) is 15.7. The van der Waals surface area contributed by atoms with Crippen LogP contribution in [-0.2, 0) is 16.0 Å². The fourth-order valence-corrected chi connectivity index (χ4v) is 7.83. The summed E-state index contributed by atoms with van der Waals surface area (Å²) in [4.78, 5) is 51.5. The van der Waals surface area contributed by atoms with Crippen molar-refractivity contribution >= 4 is 55.4 Å². The van der Waals surface area contributed by atoms with Gasteiger partial charge in [-0.3, -0.25) is 14.6 Å². The number of hydrogen-bond donors (Lipinski definition) is 4. The Balaban J connectivity index is 1.28. The van der Waals surface area contributed by atoms with E-state index in [0.29, 0.717) is 73.5 Å². The molecular formula is C36H45Br2N7O4. The number of nitrogens with one attached hydrogen (secondary N) is 2. The highest BCUT2D eigenvalue weighted by atomic mass is 79.9. The van der Waals surface area contributed by atoms with Crippen LogP contribution in [0.3, 0.4) is 0 Å². The number of unbranched alkanes of at least 4 members (excludes halogenated alkanes) is 1. The standard InChI is InChI=1S/C36H45Br2N7O4/c37-29-22-25(23-30(38)33(29)46)24-32(42-36(49)45-16-11-27(12-17-45)26-6-2-1-3-7-26)34(47)41-31(8-4-5-13-39)35(48)44-20-18-43(19-21-44)28-9-14-40-15-10-28/h1-3,6-7,9-10,14-15,22-23,27,31-32,46H,4-5,8,11-13,16-21,24,39H2,(H,41,47)(H,42,49)/t31-,32+/m0/s1. The molecule has 0 bridgehead atoms. The summed E-state index contributed by atoms with van der Waals surface area (Å²) in [7, 11) is 0. The van der Waals surface area contributed by atoms with Crippen molar-refractivity contribution in [2.45, 2.75) is 56.5 Å². The molecule has 2 fully saturated rings. The molecule has 13 heteroatoms. The number of piperazine rings is 1. The molecule has 2 aliphatic rings. The van der Waals surface area contributed by atoms with Crippen LogP contribution in [0, 0.1) is 0 Å². The first-order valence-corrected chi connectivity index (χ1v) is 18.5. The molecule has 2 aliphatic heterocycles. The number of hydrogen-bond acceptors (Lipinski definition) is 7. The predicted octanol–water partition coefficient (Wildman–Crippen LogP) is 4.78. The fraction of sp³-hybridized carbons (Fsp3) is 0.444. The zero-order valence-electron chi connectivity index (χ0n) is 27.6. The number of aromatic nitrogens is 1. The van der Waals surface area contributed by atoms with Crippen molar-refractivity contribution in [2.75, 3.05) is 50.7 Å². The predicted molar refractivity (Wildman–Crippen MR) is 197 cm³/mol. The first-order chi connectivity index (χ1) is 23.7. The van der Waals surface area contributed by atoms with Gasteiger partial charge in [0.25, 0.3) is 0 Å². The van der Waals surface area contributed by atoms with Gasteiger partial charge < -0.3 is 36.2 Å². The third kappa shape index (κ3) is 9.95. The Morgan fingerprint density at radius 3 is 2.14 bits per heavy atom. The van der Waals surface area contributed by atoms with E-state index in [1.807, 2.05) is 35.2 Å². The molecule has 3 aromatic rings. The third-order valence-corrected chi connectivity index (χ3v) is 10.6. The van der Waals surface area contributed by atoms with Gasteiger partial charge in [-0.15, -0.1) is 0 Å². The number of carbonyl (C=O) groups is 3. The Bertz CT molecular complexity index is 1530. The number of phenols is 1. The number of benzene rings is 2. The van der Waals surface area contributed by atoms with Gasteiger partial charge in [-0.2, -0.15) is 0 Å². The number of rotatable bonds is 12. The van der Waals surface area contributed by atoms with E-state index in [0.717, 1.165) is 30.5 Å². The number of anilines is 1. The van der Waals surface area contributed by atoms with Gasteiger partial charge in [0.1, 0.15) is 17.8 Å². The van der Waals surface area contributed by atoms with Crippen LogP contribution in [0.2, 0.25) is 0 Å². The van der Waals surface area contributed by atoms with Crippen LogP contribution in [0.15, 0.2) is 75.9 Å². The summed E-state index contributed by atoms with van der Waals surface area (Å²) >= 11 is 6.75. The Hall–Kier alpha value is -3.68. The van der Waals surface area contributed by atoms with Crippen LogP contribution < -0.4 is 21.3 Å². The molecule has 0 unspecified atom stereocenters. The van der Waals surface area contributed by atoms with Gasteiger partial charge in [0, 0.05) is 63.8 Å². The van der Waals surface area contributed by atoms with E-state index in [2.05, 4.69) is 64.5 Å². The van der Waals surface area contributed by atoms with Gasteiger partial charge in [0.15, 0.2) is 0 Å². The minimum Gasteiger partial charge on any atom is -0.506 e. The highest BCUT2D eigenvalue weighted by molar-refractivity contribution is 9.11. The number of urea groups is 1. The van der Waals surface area contributed by atoms with Crippen molar-refractivity contribution in [1.82, 2.24) is 25.4 Å². The van der Waals surface area contributed by atoms with Gasteiger partial charge in [0.05, 0.1) is 8.95 Å². The van der Waals surface area contributed by atoms with E-state index in [1.165, 1.54) is 5.56 Å². The molecule has 3 heterocycles. The van der Waals surface area contributed by atoms with Gasteiger partial charge in [0.2, 0.25) is 11.8 Å². The zero-order chi connectivity index (χ0) is 34.8. The largest absolute Gasteiger partial charge is 0.506 e. The van der Waals surface area contributed by atoms with Crippen molar-refractivity contribution in [3.05, 3.63) is 87.1 Å². The normalized spacial score (nSPS) is 16.6. The van der Waals surface area contributed by atoms with Crippen molar-refractivity contribution in [1.29, 1.82) is 0 Å². The Labute approximate surface area is 304 Å². The van der Waals surface area contributed by atoms with Crippen LogP contribution in [0.1, 0.15) is 49.1 Å². The number of nitrogens with zero attached hydrogens (tertiary/aromatic N) is 4. The second kappa shape index (κ2) is 17.8. The second-order valence-electron chi connectivity index (χ2n) is 12.6. The zero-order valence-corrected chi connectivity index (χ0v) is 30.7. The van der Waals surface area contributed by atoms with Gasteiger partial charge in [-0.25, -0.2) is 4.79 Å². The van der Waals surface area contributed by atoms with Crippen molar-refractivity contribution in [3.63, 3.8) is 0 Å². The van der Waals surface area contributed by atoms with Crippen LogP contribution in [-0.4, -0.2) is 95.6 Å². The van der Waals surface area contributed by atoms with Crippen molar-refractivity contribution in [2.24, 2.45) is 5.73 Å². The maximum atomic E-state index is 14.1. The molecule has 5 N–H and O–H groups in total. The fourth-order valence-electron chi connectivity index (χ4n) is 6.55. The van der Waals surface area contributed by atoms with Gasteiger partial charge in [-0.05, 0) is 112 Å². The van der Waals surface area contributed by atoms with E-state index in [1.54, 1.807) is 29.4 Å². The highest BCUT2D eigenvalue weighted by Gasteiger charge is 2.33. The summed E-state index contributed by atoms with van der Waals surface area (Å²) in [5, 5.41) is 16.3. The highest BCUT2D eigenvalue weighted by Crippen LogP contribution is 2.34. The average molecular weight is 800 g/mol. The number of likely N-dealkylation sites (tertiary alicyclic amines) is 1. The molecule has 1 aromatic heterocycles. The van der Waals surface area contributed by atoms with Crippen molar-refractivity contribution < 1.29 is 19.5 Å². The summed E-state index contributed by atoms with van der Waals surface area (Å²) in [6.07, 6.45) is 7.18. The number of piperidine rings is 1. The van der Waals surface area contributed by atoms with Crippen LogP contribution in [0.25, 0.3) is 0 Å². The van der Waals surface area contributed by atoms with Gasteiger partial charge in [-0.1, -0.05) is 30.3 Å². The average Bonchev–Trinajstić information content (AvgIpc) is 3.13. The quantitative estimate of drug-likeness (QED) is 0.193. The SMILES string of the molecule is NCCCC[C@H](NC(=O)[C@@H](Cc1cc(Br)c(O)c(Br)c1)NC(=O)N1CCC(c2ccccc2)CC1)C(=O)N1CCN(c2ccncc2)CC1. The summed E-state index contributed by atoms with van der Waals surface area (Å²) in [6.45, 7) is 4.03. The number of pyridine rings is 1. The van der Waals surface area contributed by atoms with Gasteiger partial charge >= 0.3 is 6.03 Å². The lowest BCUT2D eigenvalue weighted by Crippen LogP contribution is -2.59. The van der Waals surface area contributed by atoms with E-state index < -0.39 is 18.0 Å². The lowest BCUT2D eigenvalue weighted by atomic mass is 9.89. The molecule has 4 amide bonds. The Kier molecular flexibility index (Phi) is 13.3. The molecule has 0 spiro atoms. The topological polar surface area (TPSA) is 144 Å². The molecular weight excluding hydrogens is 754 g/mol. The smallest absolute Gasteiger partial charge is 0.318 e. The molecule has 5 rings (SSSR count). The first-order valence-electron chi connectivity index (χ1n) is 16.9. The molecule has 0 aliphatic carbocycles. The maximum Gasteiger partial charge on any atom is 0.318 e. The molecule has 49 heavy (non-hydrogen) atoms. The molecule has 2 atom stereocenters. The molecule has 11 nitrogen and oxygen atoms in total. The van der Waals surface area contributed by atoms with E-state index in [9.17, 15) is 19.5 Å². The van der Waals surface area contributed by atoms with E-state index in [-0.39, 0.29) is 24.1 Å². The van der Waals surface area contributed by atoms with Crippen molar-refractivity contribution in [3.8, 4) is 5.75 Å². The minimum absolute atomic E-state index is 0.0460. The maximum absolute atomic E-state index is 14.1. The van der Waals surface area contributed by atoms with E-state index >= 15 is 0 Å². The minimum atomic E-state index is -0.962. The Morgan fingerprint density at radius 1 is 0.857 bits per heavy atom. The summed E-state index contributed by atoms with van der Waals surface area (Å²) < 4.78 is 0.928. The molecule has 262 valence electrons. The molecule has 2 saturated heterocycles. The number of halogens is 2. The number of aromatic hydroxyl groups is 1.